The number of carbonyl (C=O) groups excluding carboxylic acids is 3. The van der Waals surface area contributed by atoms with E-state index in [9.17, 15) is 14.4 Å². The lowest BCUT2D eigenvalue weighted by atomic mass is 10.1. The van der Waals surface area contributed by atoms with Crippen molar-refractivity contribution in [3.8, 4) is 0 Å². The molecule has 0 aliphatic carbocycles. The Morgan fingerprint density at radius 1 is 0.815 bits per heavy atom. The zero-order valence-electron chi connectivity index (χ0n) is 15.2. The van der Waals surface area contributed by atoms with Gasteiger partial charge in [-0.25, -0.2) is 0 Å². The second-order valence-corrected chi connectivity index (χ2v) is 6.28. The summed E-state index contributed by atoms with van der Waals surface area (Å²) >= 11 is 0. The van der Waals surface area contributed by atoms with Crippen LogP contribution in [0.4, 0.5) is 0 Å². The highest BCUT2D eigenvalue weighted by Crippen LogP contribution is 2.22. The van der Waals surface area contributed by atoms with Crippen LogP contribution in [0.5, 0.6) is 0 Å². The van der Waals surface area contributed by atoms with Crippen molar-refractivity contribution >= 4 is 17.7 Å². The Labute approximate surface area is 158 Å². The first kappa shape index (κ1) is 19.5. The van der Waals surface area contributed by atoms with Crippen molar-refractivity contribution in [3.63, 3.8) is 0 Å². The van der Waals surface area contributed by atoms with Crippen LogP contribution >= 0.6 is 0 Å². The Morgan fingerprint density at radius 2 is 1.30 bits per heavy atom. The number of hydrogen-bond acceptors (Lipinski definition) is 6. The topological polar surface area (TPSA) is 85.4 Å². The number of hydrogen-bond donors (Lipinski definition) is 0. The molecule has 0 unspecified atom stereocenters. The molecule has 3 amide bonds. The number of fused-ring (bicyclic) bond motifs is 1. The molecule has 0 aromatic heterocycles. The maximum atomic E-state index is 12.6. The fourth-order valence-electron chi connectivity index (χ4n) is 3.06. The standard InChI is InChI=1S/C19H24N2O6/c22-17(20-7-9-25-11-13-27-14-12-26-10-8-20)5-6-21-18(23)15-3-1-2-4-16(15)19(21)24/h1-4H,5-14H2. The van der Waals surface area contributed by atoms with E-state index < -0.39 is 0 Å². The van der Waals surface area contributed by atoms with Gasteiger partial charge in [-0.2, -0.15) is 0 Å². The van der Waals surface area contributed by atoms with Crippen molar-refractivity contribution < 1.29 is 28.6 Å². The first-order chi connectivity index (χ1) is 13.2. The summed E-state index contributed by atoms with van der Waals surface area (Å²) in [7, 11) is 0. The van der Waals surface area contributed by atoms with E-state index in [4.69, 9.17) is 14.2 Å². The number of ether oxygens (including phenoxy) is 3. The Balaban J connectivity index is 1.54. The summed E-state index contributed by atoms with van der Waals surface area (Å²) in [5.41, 5.74) is 0.788. The number of rotatable bonds is 3. The number of amides is 3. The minimum Gasteiger partial charge on any atom is -0.377 e. The van der Waals surface area contributed by atoms with Crippen LogP contribution in [0.25, 0.3) is 0 Å². The maximum Gasteiger partial charge on any atom is 0.261 e. The Bertz CT molecular complexity index is 646. The van der Waals surface area contributed by atoms with Gasteiger partial charge in [0.1, 0.15) is 0 Å². The van der Waals surface area contributed by atoms with E-state index in [0.717, 1.165) is 4.90 Å². The maximum absolute atomic E-state index is 12.6. The normalized spacial score (nSPS) is 19.4. The Kier molecular flexibility index (Phi) is 6.92. The number of nitrogens with zero attached hydrogens (tertiary/aromatic N) is 2. The highest BCUT2D eigenvalue weighted by Gasteiger charge is 2.35. The van der Waals surface area contributed by atoms with Crippen LogP contribution in [0.1, 0.15) is 27.1 Å². The summed E-state index contributed by atoms with van der Waals surface area (Å²) in [6, 6.07) is 6.71. The van der Waals surface area contributed by atoms with E-state index in [1.807, 2.05) is 0 Å². The first-order valence-corrected chi connectivity index (χ1v) is 9.14. The molecule has 0 radical (unpaired) electrons. The molecule has 1 aromatic carbocycles. The van der Waals surface area contributed by atoms with E-state index in [2.05, 4.69) is 0 Å². The monoisotopic (exact) mass is 376 g/mol. The summed E-state index contributed by atoms with van der Waals surface area (Å²) in [6.07, 6.45) is 0.0780. The Hall–Kier alpha value is -2.29. The van der Waals surface area contributed by atoms with Gasteiger partial charge in [0.15, 0.2) is 0 Å². The van der Waals surface area contributed by atoms with Gasteiger partial charge < -0.3 is 19.1 Å². The summed E-state index contributed by atoms with van der Waals surface area (Å²) < 4.78 is 16.2. The van der Waals surface area contributed by atoms with E-state index in [1.165, 1.54) is 0 Å². The molecular weight excluding hydrogens is 352 g/mol. The van der Waals surface area contributed by atoms with Crippen LogP contribution in [0.2, 0.25) is 0 Å². The predicted octanol–water partition coefficient (Wildman–Crippen LogP) is 0.565. The molecule has 8 heteroatoms. The van der Waals surface area contributed by atoms with Crippen molar-refractivity contribution in [2.75, 3.05) is 59.3 Å². The van der Waals surface area contributed by atoms with Gasteiger partial charge in [-0.1, -0.05) is 12.1 Å². The average molecular weight is 376 g/mol. The lowest BCUT2D eigenvalue weighted by Gasteiger charge is -2.24. The zero-order chi connectivity index (χ0) is 19.1. The number of benzene rings is 1. The van der Waals surface area contributed by atoms with Crippen LogP contribution in [-0.2, 0) is 19.0 Å². The first-order valence-electron chi connectivity index (χ1n) is 9.14. The van der Waals surface area contributed by atoms with Crippen LogP contribution in [-0.4, -0.2) is 86.8 Å². The second-order valence-electron chi connectivity index (χ2n) is 6.28. The molecule has 3 rings (SSSR count). The van der Waals surface area contributed by atoms with Gasteiger partial charge in [-0.3, -0.25) is 19.3 Å². The molecule has 27 heavy (non-hydrogen) atoms. The molecule has 0 N–H and O–H groups in total. The molecule has 0 saturated carbocycles. The van der Waals surface area contributed by atoms with Gasteiger partial charge in [0.2, 0.25) is 5.91 Å². The van der Waals surface area contributed by atoms with Crippen molar-refractivity contribution in [1.29, 1.82) is 0 Å². The minimum absolute atomic E-state index is 0.0667. The van der Waals surface area contributed by atoms with Crippen LogP contribution in [0, 0.1) is 0 Å². The molecule has 2 heterocycles. The predicted molar refractivity (Wildman–Crippen MR) is 95.5 cm³/mol. The molecule has 8 nitrogen and oxygen atoms in total. The van der Waals surface area contributed by atoms with Crippen LogP contribution in [0.15, 0.2) is 24.3 Å². The lowest BCUT2D eigenvalue weighted by molar-refractivity contribution is -0.133. The number of imide groups is 1. The highest BCUT2D eigenvalue weighted by molar-refractivity contribution is 6.21. The van der Waals surface area contributed by atoms with Gasteiger partial charge in [0.25, 0.3) is 11.8 Å². The lowest BCUT2D eigenvalue weighted by Crippen LogP contribution is -2.40. The second kappa shape index (κ2) is 9.59. The van der Waals surface area contributed by atoms with Gasteiger partial charge >= 0.3 is 0 Å². The van der Waals surface area contributed by atoms with Crippen molar-refractivity contribution in [2.24, 2.45) is 0 Å². The third kappa shape index (κ3) is 4.91. The van der Waals surface area contributed by atoms with Crippen molar-refractivity contribution in [1.82, 2.24) is 9.80 Å². The summed E-state index contributed by atoms with van der Waals surface area (Å²) in [5, 5.41) is 0. The Morgan fingerprint density at radius 3 is 1.81 bits per heavy atom. The molecule has 0 spiro atoms. The largest absolute Gasteiger partial charge is 0.377 e. The molecule has 1 aromatic rings. The average Bonchev–Trinajstić information content (AvgIpc) is 2.91. The summed E-state index contributed by atoms with van der Waals surface area (Å²) in [5.74, 6) is -0.820. The molecule has 0 bridgehead atoms. The van der Waals surface area contributed by atoms with Crippen LogP contribution < -0.4 is 0 Å². The van der Waals surface area contributed by atoms with E-state index in [1.54, 1.807) is 29.2 Å². The fourth-order valence-corrected chi connectivity index (χ4v) is 3.06. The SMILES string of the molecule is O=C(CCN1C(=O)c2ccccc2C1=O)N1CCOCCOCCOCC1. The smallest absolute Gasteiger partial charge is 0.261 e. The fraction of sp³-hybridized carbons (Fsp3) is 0.526. The summed E-state index contributed by atoms with van der Waals surface area (Å²) in [4.78, 5) is 40.2. The van der Waals surface area contributed by atoms with Gasteiger partial charge in [0.05, 0.1) is 50.8 Å². The van der Waals surface area contributed by atoms with E-state index in [0.29, 0.717) is 63.9 Å². The van der Waals surface area contributed by atoms with E-state index >= 15 is 0 Å². The molecule has 0 atom stereocenters. The van der Waals surface area contributed by atoms with Crippen molar-refractivity contribution in [3.05, 3.63) is 35.4 Å². The molecule has 1 fully saturated rings. The van der Waals surface area contributed by atoms with Gasteiger partial charge in [0, 0.05) is 26.1 Å². The molecular formula is C19H24N2O6. The molecule has 1 saturated heterocycles. The molecule has 2 aliphatic rings. The highest BCUT2D eigenvalue weighted by atomic mass is 16.5. The third-order valence-corrected chi connectivity index (χ3v) is 4.54. The van der Waals surface area contributed by atoms with Crippen LogP contribution in [0.3, 0.4) is 0 Å². The van der Waals surface area contributed by atoms with Gasteiger partial charge in [-0.05, 0) is 12.1 Å². The van der Waals surface area contributed by atoms with Gasteiger partial charge in [-0.15, -0.1) is 0 Å². The molecule has 2 aliphatic heterocycles. The molecule has 146 valence electrons. The number of carbonyl (C=O) groups is 3. The van der Waals surface area contributed by atoms with E-state index in [-0.39, 0.29) is 30.7 Å². The minimum atomic E-state index is -0.344. The third-order valence-electron chi connectivity index (χ3n) is 4.54. The van der Waals surface area contributed by atoms with Crippen molar-refractivity contribution in [2.45, 2.75) is 6.42 Å². The summed E-state index contributed by atoms with van der Waals surface area (Å²) in [6.45, 7) is 3.68. The zero-order valence-corrected chi connectivity index (χ0v) is 15.2. The quantitative estimate of drug-likeness (QED) is 0.717.